The largest absolute Gasteiger partial charge is 0.463 e. The molecular weight excluding hydrogens is 248 g/mol. The molecule has 1 atom stereocenters. The maximum atomic E-state index is 10.9. The van der Waals surface area contributed by atoms with Gasteiger partial charge < -0.3 is 4.74 Å². The van der Waals surface area contributed by atoms with Gasteiger partial charge in [0.25, 0.3) is 0 Å². The second-order valence-corrected chi connectivity index (χ2v) is 5.96. The quantitative estimate of drug-likeness (QED) is 0.287. The summed E-state index contributed by atoms with van der Waals surface area (Å²) in [4.78, 5) is 10.9. The summed E-state index contributed by atoms with van der Waals surface area (Å²) in [5.41, 5.74) is 0. The van der Waals surface area contributed by atoms with Gasteiger partial charge in [-0.3, -0.25) is 4.79 Å². The molecule has 0 bridgehead atoms. The minimum Gasteiger partial charge on any atom is -0.463 e. The number of hydrogen-bond donors (Lipinski definition) is 0. The Morgan fingerprint density at radius 3 is 1.65 bits per heavy atom. The molecule has 0 heterocycles. The van der Waals surface area contributed by atoms with Crippen LogP contribution in [0.25, 0.3) is 0 Å². The number of hydrogen-bond acceptors (Lipinski definition) is 2. The summed E-state index contributed by atoms with van der Waals surface area (Å²) < 4.78 is 5.25. The smallest absolute Gasteiger partial charge is 0.302 e. The van der Waals surface area contributed by atoms with Crippen LogP contribution in [0, 0.1) is 0 Å². The summed E-state index contributed by atoms with van der Waals surface area (Å²) in [5.74, 6) is -0.139. The molecular formula is C18H36O2. The van der Waals surface area contributed by atoms with Crippen LogP contribution in [-0.4, -0.2) is 12.1 Å². The van der Waals surface area contributed by atoms with Crippen molar-refractivity contribution in [2.45, 2.75) is 110 Å². The summed E-state index contributed by atoms with van der Waals surface area (Å²) in [5, 5.41) is 0. The lowest BCUT2D eigenvalue weighted by Crippen LogP contribution is -2.14. The fraction of sp³-hybridized carbons (Fsp3) is 0.944. The second-order valence-electron chi connectivity index (χ2n) is 5.96. The van der Waals surface area contributed by atoms with E-state index in [0.717, 1.165) is 12.8 Å². The Kier molecular flexibility index (Phi) is 14.5. The molecule has 0 fully saturated rings. The van der Waals surface area contributed by atoms with Gasteiger partial charge in [0.1, 0.15) is 6.10 Å². The van der Waals surface area contributed by atoms with Crippen molar-refractivity contribution in [1.82, 2.24) is 0 Å². The van der Waals surface area contributed by atoms with E-state index in [1.165, 1.54) is 77.6 Å². The number of esters is 1. The van der Waals surface area contributed by atoms with Crippen molar-refractivity contribution in [3.05, 3.63) is 0 Å². The van der Waals surface area contributed by atoms with Gasteiger partial charge in [0.05, 0.1) is 0 Å². The third kappa shape index (κ3) is 13.9. The van der Waals surface area contributed by atoms with Gasteiger partial charge in [0, 0.05) is 6.92 Å². The first-order chi connectivity index (χ1) is 9.70. The summed E-state index contributed by atoms with van der Waals surface area (Å²) in [6.45, 7) is 5.86. The standard InChI is InChI=1S/C18H36O2/c1-4-6-7-8-9-10-11-12-13-14-15-16-18(5-2)20-17(3)19/h18H,4-16H2,1-3H3. The zero-order chi connectivity index (χ0) is 15.1. The van der Waals surface area contributed by atoms with E-state index in [9.17, 15) is 4.79 Å². The number of ether oxygens (including phenoxy) is 1. The van der Waals surface area contributed by atoms with Crippen molar-refractivity contribution >= 4 is 5.97 Å². The lowest BCUT2D eigenvalue weighted by atomic mass is 10.0. The van der Waals surface area contributed by atoms with Crippen LogP contribution in [-0.2, 0) is 9.53 Å². The Balaban J connectivity index is 3.21. The minimum atomic E-state index is -0.139. The van der Waals surface area contributed by atoms with E-state index in [2.05, 4.69) is 13.8 Å². The van der Waals surface area contributed by atoms with Gasteiger partial charge in [0.2, 0.25) is 0 Å². The van der Waals surface area contributed by atoms with E-state index in [-0.39, 0.29) is 12.1 Å². The highest BCUT2D eigenvalue weighted by atomic mass is 16.5. The van der Waals surface area contributed by atoms with Crippen molar-refractivity contribution < 1.29 is 9.53 Å². The highest BCUT2D eigenvalue weighted by Crippen LogP contribution is 2.14. The van der Waals surface area contributed by atoms with Crippen molar-refractivity contribution in [1.29, 1.82) is 0 Å². The lowest BCUT2D eigenvalue weighted by Gasteiger charge is -2.14. The third-order valence-corrected chi connectivity index (χ3v) is 3.92. The van der Waals surface area contributed by atoms with E-state index >= 15 is 0 Å². The van der Waals surface area contributed by atoms with Gasteiger partial charge >= 0.3 is 5.97 Å². The normalized spacial score (nSPS) is 12.3. The van der Waals surface area contributed by atoms with Crippen LogP contribution in [0.2, 0.25) is 0 Å². The fourth-order valence-electron chi connectivity index (χ4n) is 2.62. The maximum Gasteiger partial charge on any atom is 0.302 e. The molecule has 0 saturated heterocycles. The topological polar surface area (TPSA) is 26.3 Å². The van der Waals surface area contributed by atoms with E-state index in [1.54, 1.807) is 0 Å². The summed E-state index contributed by atoms with van der Waals surface area (Å²) in [6.07, 6.45) is 17.1. The first-order valence-electron chi connectivity index (χ1n) is 8.87. The van der Waals surface area contributed by atoms with Gasteiger partial charge in [-0.1, -0.05) is 78.1 Å². The maximum absolute atomic E-state index is 10.9. The minimum absolute atomic E-state index is 0.139. The molecule has 120 valence electrons. The van der Waals surface area contributed by atoms with Crippen molar-refractivity contribution in [2.24, 2.45) is 0 Å². The SMILES string of the molecule is CCCCCCCCCCCCCC(CC)OC(C)=O. The first kappa shape index (κ1) is 19.5. The van der Waals surface area contributed by atoms with E-state index in [0.29, 0.717) is 0 Å². The molecule has 0 aromatic rings. The molecule has 0 spiro atoms. The fourth-order valence-corrected chi connectivity index (χ4v) is 2.62. The number of rotatable bonds is 14. The molecule has 0 amide bonds. The third-order valence-electron chi connectivity index (χ3n) is 3.92. The van der Waals surface area contributed by atoms with Gasteiger partial charge in [-0.15, -0.1) is 0 Å². The van der Waals surface area contributed by atoms with Crippen LogP contribution in [0.5, 0.6) is 0 Å². The number of unbranched alkanes of at least 4 members (excludes halogenated alkanes) is 10. The first-order valence-corrected chi connectivity index (χ1v) is 8.87. The van der Waals surface area contributed by atoms with Gasteiger partial charge in [0.15, 0.2) is 0 Å². The van der Waals surface area contributed by atoms with Crippen LogP contribution in [0.4, 0.5) is 0 Å². The van der Waals surface area contributed by atoms with Crippen LogP contribution >= 0.6 is 0 Å². The van der Waals surface area contributed by atoms with Gasteiger partial charge in [-0.2, -0.15) is 0 Å². The number of carbonyl (C=O) groups excluding carboxylic acids is 1. The molecule has 0 aliphatic rings. The average Bonchev–Trinajstić information content (AvgIpc) is 2.43. The van der Waals surface area contributed by atoms with Crippen LogP contribution in [0.15, 0.2) is 0 Å². The van der Waals surface area contributed by atoms with Crippen molar-refractivity contribution in [3.63, 3.8) is 0 Å². The molecule has 0 aliphatic carbocycles. The molecule has 0 aromatic heterocycles. The zero-order valence-electron chi connectivity index (χ0n) is 14.1. The Hall–Kier alpha value is -0.530. The molecule has 0 saturated carbocycles. The van der Waals surface area contributed by atoms with E-state index in [1.807, 2.05) is 0 Å². The second kappa shape index (κ2) is 14.9. The van der Waals surface area contributed by atoms with Crippen molar-refractivity contribution in [3.8, 4) is 0 Å². The molecule has 0 aromatic carbocycles. The average molecular weight is 284 g/mol. The lowest BCUT2D eigenvalue weighted by molar-refractivity contribution is -0.146. The number of carbonyl (C=O) groups is 1. The Labute approximate surface area is 126 Å². The Morgan fingerprint density at radius 1 is 0.800 bits per heavy atom. The van der Waals surface area contributed by atoms with Gasteiger partial charge in [-0.05, 0) is 19.3 Å². The molecule has 1 unspecified atom stereocenters. The summed E-state index contributed by atoms with van der Waals surface area (Å²) >= 11 is 0. The zero-order valence-corrected chi connectivity index (χ0v) is 14.1. The van der Waals surface area contributed by atoms with Crippen LogP contribution in [0.1, 0.15) is 104 Å². The van der Waals surface area contributed by atoms with Gasteiger partial charge in [-0.25, -0.2) is 0 Å². The molecule has 0 rings (SSSR count). The summed E-state index contributed by atoms with van der Waals surface area (Å²) in [7, 11) is 0. The predicted octanol–water partition coefficient (Wildman–Crippen LogP) is 6.03. The monoisotopic (exact) mass is 284 g/mol. The predicted molar refractivity (Wildman–Crippen MR) is 86.9 cm³/mol. The molecule has 2 heteroatoms. The Morgan fingerprint density at radius 2 is 1.25 bits per heavy atom. The highest BCUT2D eigenvalue weighted by Gasteiger charge is 2.08. The molecule has 2 nitrogen and oxygen atoms in total. The highest BCUT2D eigenvalue weighted by molar-refractivity contribution is 5.66. The van der Waals surface area contributed by atoms with E-state index < -0.39 is 0 Å². The van der Waals surface area contributed by atoms with Crippen molar-refractivity contribution in [2.75, 3.05) is 0 Å². The molecule has 0 aliphatic heterocycles. The molecule has 0 N–H and O–H groups in total. The van der Waals surface area contributed by atoms with Crippen LogP contribution in [0.3, 0.4) is 0 Å². The molecule has 20 heavy (non-hydrogen) atoms. The van der Waals surface area contributed by atoms with Crippen LogP contribution < -0.4 is 0 Å². The Bertz CT molecular complexity index is 213. The molecule has 0 radical (unpaired) electrons. The van der Waals surface area contributed by atoms with E-state index in [4.69, 9.17) is 4.74 Å². The summed E-state index contributed by atoms with van der Waals surface area (Å²) in [6, 6.07) is 0.